The summed E-state index contributed by atoms with van der Waals surface area (Å²) < 4.78 is 36.6. The summed E-state index contributed by atoms with van der Waals surface area (Å²) in [7, 11) is 0. The summed E-state index contributed by atoms with van der Waals surface area (Å²) in [6, 6.07) is 0. The fraction of sp³-hybridized carbons (Fsp3) is 0.857. The topological polar surface area (TPSA) is 38.4 Å². The minimum atomic E-state index is -4.12. The number of aliphatic imine (C=N–C) groups is 1. The Morgan fingerprint density at radius 2 is 2.00 bits per heavy atom. The second-order valence-corrected chi connectivity index (χ2v) is 2.96. The summed E-state index contributed by atoms with van der Waals surface area (Å²) in [5.74, 6) is -1.15. The van der Waals surface area contributed by atoms with Crippen LogP contribution in [0.4, 0.5) is 13.2 Å². The molecule has 1 rings (SSSR count). The van der Waals surface area contributed by atoms with Crippen molar-refractivity contribution in [3.05, 3.63) is 0 Å². The van der Waals surface area contributed by atoms with E-state index in [-0.39, 0.29) is 31.1 Å². The van der Waals surface area contributed by atoms with Gasteiger partial charge in [0.25, 0.3) is 0 Å². The number of rotatable bonds is 0. The summed E-state index contributed by atoms with van der Waals surface area (Å²) >= 11 is 0. The Morgan fingerprint density at radius 1 is 1.38 bits per heavy atom. The van der Waals surface area contributed by atoms with Crippen LogP contribution in [-0.2, 0) is 0 Å². The van der Waals surface area contributed by atoms with Crippen LogP contribution in [0, 0.1) is 5.92 Å². The standard InChI is InChI=1S/C7H11F3N2.ClH/c8-7(9,10)5-2-1-3-12-6(11)4-5;/h5H,1-4H2,(H2,11,12);1H. The van der Waals surface area contributed by atoms with Gasteiger partial charge in [-0.15, -0.1) is 12.4 Å². The van der Waals surface area contributed by atoms with Crippen molar-refractivity contribution in [2.75, 3.05) is 6.54 Å². The van der Waals surface area contributed by atoms with E-state index in [9.17, 15) is 13.2 Å². The minimum Gasteiger partial charge on any atom is -0.387 e. The van der Waals surface area contributed by atoms with Gasteiger partial charge in [-0.05, 0) is 12.8 Å². The van der Waals surface area contributed by atoms with Crippen molar-refractivity contribution < 1.29 is 13.2 Å². The first-order chi connectivity index (χ1) is 5.50. The van der Waals surface area contributed by atoms with Gasteiger partial charge in [0.1, 0.15) is 0 Å². The Kier molecular flexibility index (Phi) is 4.53. The van der Waals surface area contributed by atoms with Crippen molar-refractivity contribution in [3.8, 4) is 0 Å². The normalized spacial score (nSPS) is 24.2. The SMILES string of the molecule is Cl.NC1=NCCCC(C(F)(F)F)C1. The van der Waals surface area contributed by atoms with Crippen LogP contribution >= 0.6 is 12.4 Å². The molecule has 13 heavy (non-hydrogen) atoms. The number of nitrogens with two attached hydrogens (primary N) is 1. The lowest BCUT2D eigenvalue weighted by Crippen LogP contribution is -2.27. The quantitative estimate of drug-likeness (QED) is 0.662. The first kappa shape index (κ1) is 12.6. The van der Waals surface area contributed by atoms with Gasteiger partial charge in [0.05, 0.1) is 11.8 Å². The third kappa shape index (κ3) is 3.85. The van der Waals surface area contributed by atoms with E-state index in [1.165, 1.54) is 0 Å². The predicted molar refractivity (Wildman–Crippen MR) is 47.1 cm³/mol. The van der Waals surface area contributed by atoms with Crippen LogP contribution in [0.25, 0.3) is 0 Å². The molecule has 2 N–H and O–H groups in total. The van der Waals surface area contributed by atoms with Gasteiger partial charge in [-0.25, -0.2) is 0 Å². The Balaban J connectivity index is 0.00000144. The van der Waals surface area contributed by atoms with E-state index < -0.39 is 12.1 Å². The maximum Gasteiger partial charge on any atom is 0.392 e. The average molecular weight is 217 g/mol. The molecule has 0 aliphatic carbocycles. The van der Waals surface area contributed by atoms with E-state index in [0.717, 1.165) is 0 Å². The highest BCUT2D eigenvalue weighted by atomic mass is 35.5. The molecule has 0 bridgehead atoms. The van der Waals surface area contributed by atoms with E-state index in [4.69, 9.17) is 5.73 Å². The van der Waals surface area contributed by atoms with Crippen molar-refractivity contribution in [2.24, 2.45) is 16.6 Å². The van der Waals surface area contributed by atoms with Crippen molar-refractivity contribution in [3.63, 3.8) is 0 Å². The fourth-order valence-electron chi connectivity index (χ4n) is 1.26. The number of nitrogens with zero attached hydrogens (tertiary/aromatic N) is 1. The Bertz CT molecular complexity index is 191. The Hall–Kier alpha value is -0.450. The third-order valence-corrected chi connectivity index (χ3v) is 1.94. The highest BCUT2D eigenvalue weighted by Crippen LogP contribution is 2.33. The van der Waals surface area contributed by atoms with Crippen LogP contribution < -0.4 is 5.73 Å². The van der Waals surface area contributed by atoms with Crippen LogP contribution in [-0.4, -0.2) is 18.6 Å². The van der Waals surface area contributed by atoms with Gasteiger partial charge in [-0.3, -0.25) is 4.99 Å². The van der Waals surface area contributed by atoms with Crippen LogP contribution in [0.2, 0.25) is 0 Å². The smallest absolute Gasteiger partial charge is 0.387 e. The molecule has 1 aliphatic rings. The molecule has 0 aromatic heterocycles. The fourth-order valence-corrected chi connectivity index (χ4v) is 1.26. The number of hydrogen-bond donors (Lipinski definition) is 1. The molecule has 0 fully saturated rings. The maximum absolute atomic E-state index is 12.2. The molecular formula is C7H12ClF3N2. The van der Waals surface area contributed by atoms with Crippen molar-refractivity contribution in [1.29, 1.82) is 0 Å². The molecule has 6 heteroatoms. The lowest BCUT2D eigenvalue weighted by atomic mass is 9.99. The average Bonchev–Trinajstić information content (AvgIpc) is 2.11. The highest BCUT2D eigenvalue weighted by Gasteiger charge is 2.39. The van der Waals surface area contributed by atoms with Gasteiger partial charge in [-0.1, -0.05) is 0 Å². The number of alkyl halides is 3. The predicted octanol–water partition coefficient (Wildman–Crippen LogP) is 2.13. The zero-order valence-electron chi connectivity index (χ0n) is 6.97. The Morgan fingerprint density at radius 3 is 2.54 bits per heavy atom. The van der Waals surface area contributed by atoms with E-state index in [1.807, 2.05) is 0 Å². The van der Waals surface area contributed by atoms with E-state index >= 15 is 0 Å². The molecule has 1 heterocycles. The van der Waals surface area contributed by atoms with Gasteiger partial charge < -0.3 is 5.73 Å². The van der Waals surface area contributed by atoms with Crippen LogP contribution in [0.15, 0.2) is 4.99 Å². The molecular weight excluding hydrogens is 205 g/mol. The van der Waals surface area contributed by atoms with Crippen LogP contribution in [0.5, 0.6) is 0 Å². The van der Waals surface area contributed by atoms with Gasteiger partial charge >= 0.3 is 6.18 Å². The molecule has 2 nitrogen and oxygen atoms in total. The van der Waals surface area contributed by atoms with Crippen molar-refractivity contribution >= 4 is 18.2 Å². The molecule has 1 aliphatic heterocycles. The zero-order chi connectivity index (χ0) is 9.19. The highest BCUT2D eigenvalue weighted by molar-refractivity contribution is 5.85. The maximum atomic E-state index is 12.2. The van der Waals surface area contributed by atoms with Crippen LogP contribution in [0.1, 0.15) is 19.3 Å². The molecule has 1 unspecified atom stereocenters. The third-order valence-electron chi connectivity index (χ3n) is 1.94. The van der Waals surface area contributed by atoms with Crippen molar-refractivity contribution in [1.82, 2.24) is 0 Å². The molecule has 0 saturated heterocycles. The molecule has 0 radical (unpaired) electrons. The van der Waals surface area contributed by atoms with E-state index in [0.29, 0.717) is 13.0 Å². The first-order valence-corrected chi connectivity index (χ1v) is 3.85. The molecule has 78 valence electrons. The molecule has 0 saturated carbocycles. The molecule has 0 aromatic carbocycles. The molecule has 0 amide bonds. The summed E-state index contributed by atoms with van der Waals surface area (Å²) in [5.41, 5.74) is 5.27. The second kappa shape index (κ2) is 4.69. The lowest BCUT2D eigenvalue weighted by Gasteiger charge is -2.17. The summed E-state index contributed by atoms with van der Waals surface area (Å²) in [6.07, 6.45) is -3.63. The van der Waals surface area contributed by atoms with Gasteiger partial charge in [-0.2, -0.15) is 13.2 Å². The van der Waals surface area contributed by atoms with Gasteiger partial charge in [0.15, 0.2) is 0 Å². The van der Waals surface area contributed by atoms with Gasteiger partial charge in [0, 0.05) is 13.0 Å². The summed E-state index contributed by atoms with van der Waals surface area (Å²) in [6.45, 7) is 0.429. The second-order valence-electron chi connectivity index (χ2n) is 2.96. The minimum absolute atomic E-state index is 0. The zero-order valence-corrected chi connectivity index (χ0v) is 7.79. The van der Waals surface area contributed by atoms with Crippen LogP contribution in [0.3, 0.4) is 0 Å². The van der Waals surface area contributed by atoms with Gasteiger partial charge in [0.2, 0.25) is 0 Å². The number of halogens is 4. The lowest BCUT2D eigenvalue weighted by molar-refractivity contribution is -0.174. The molecule has 0 spiro atoms. The monoisotopic (exact) mass is 216 g/mol. The largest absolute Gasteiger partial charge is 0.392 e. The Labute approximate surface area is 80.8 Å². The summed E-state index contributed by atoms with van der Waals surface area (Å²) in [4.78, 5) is 3.78. The van der Waals surface area contributed by atoms with E-state index in [2.05, 4.69) is 4.99 Å². The molecule has 0 aromatic rings. The van der Waals surface area contributed by atoms with Crippen molar-refractivity contribution in [2.45, 2.75) is 25.4 Å². The number of amidine groups is 1. The van der Waals surface area contributed by atoms with E-state index in [1.54, 1.807) is 0 Å². The number of hydrogen-bond acceptors (Lipinski definition) is 2. The summed E-state index contributed by atoms with van der Waals surface area (Å²) in [5, 5.41) is 0. The first-order valence-electron chi connectivity index (χ1n) is 3.85. The molecule has 1 atom stereocenters.